The Balaban J connectivity index is 1.58. The Morgan fingerprint density at radius 3 is 2.57 bits per heavy atom. The van der Waals surface area contributed by atoms with Gasteiger partial charge in [-0.3, -0.25) is 4.79 Å². The zero-order valence-corrected chi connectivity index (χ0v) is 17.0. The minimum Gasteiger partial charge on any atom is -0.390 e. The second-order valence-electron chi connectivity index (χ2n) is 8.38. The molecule has 0 aliphatic carbocycles. The smallest absolute Gasteiger partial charge is 0.248 e. The maximum absolute atomic E-state index is 13.2. The van der Waals surface area contributed by atoms with E-state index in [1.807, 2.05) is 6.92 Å². The van der Waals surface area contributed by atoms with Gasteiger partial charge in [0.15, 0.2) is 0 Å². The van der Waals surface area contributed by atoms with E-state index < -0.39 is 21.2 Å². The normalized spacial score (nSPS) is 26.0. The molecule has 0 radical (unpaired) electrons. The Kier molecular flexibility index (Phi) is 4.65. The predicted octanol–water partition coefficient (Wildman–Crippen LogP) is 1.92. The monoisotopic (exact) mass is 406 g/mol. The molecule has 1 aromatic carbocycles. The number of hydrogen-bond donors (Lipinski definition) is 2. The molecule has 0 saturated carbocycles. The third kappa shape index (κ3) is 3.50. The van der Waals surface area contributed by atoms with Gasteiger partial charge in [-0.2, -0.15) is 4.31 Å². The molecule has 1 atom stereocenters. The summed E-state index contributed by atoms with van der Waals surface area (Å²) in [6.45, 7) is 4.84. The van der Waals surface area contributed by atoms with E-state index in [0.717, 1.165) is 10.9 Å². The number of hydrogen-bond acceptors (Lipinski definition) is 5. The number of aryl methyl sites for hydroxylation is 1. The molecule has 2 saturated heterocycles. The van der Waals surface area contributed by atoms with Crippen molar-refractivity contribution >= 4 is 20.9 Å². The van der Waals surface area contributed by atoms with E-state index in [1.165, 1.54) is 10.4 Å². The first-order valence-corrected chi connectivity index (χ1v) is 11.0. The van der Waals surface area contributed by atoms with Crippen LogP contribution in [0.2, 0.25) is 0 Å². The summed E-state index contributed by atoms with van der Waals surface area (Å²) in [6.07, 6.45) is 2.29. The first-order valence-electron chi connectivity index (χ1n) is 9.61. The Morgan fingerprint density at radius 1 is 1.18 bits per heavy atom. The summed E-state index contributed by atoms with van der Waals surface area (Å²) in [5, 5.41) is 11.1. The molecular weight excluding hydrogens is 380 g/mol. The van der Waals surface area contributed by atoms with Crippen LogP contribution in [0.3, 0.4) is 0 Å². The van der Waals surface area contributed by atoms with Gasteiger partial charge in [0.05, 0.1) is 22.7 Å². The summed E-state index contributed by atoms with van der Waals surface area (Å²) < 4.78 is 33.8. The van der Waals surface area contributed by atoms with Gasteiger partial charge in [-0.1, -0.05) is 0 Å². The Bertz CT molecular complexity index is 1070. The van der Waals surface area contributed by atoms with E-state index in [9.17, 15) is 18.3 Å². The van der Waals surface area contributed by atoms with Crippen LogP contribution >= 0.6 is 0 Å². The number of benzene rings is 1. The molecule has 7 nitrogen and oxygen atoms in total. The number of aromatic amines is 1. The van der Waals surface area contributed by atoms with E-state index in [4.69, 9.17) is 4.74 Å². The number of rotatable bonds is 2. The number of sulfonamides is 1. The lowest BCUT2D eigenvalue weighted by Gasteiger charge is -2.47. The highest BCUT2D eigenvalue weighted by molar-refractivity contribution is 7.89. The maximum Gasteiger partial charge on any atom is 0.248 e. The van der Waals surface area contributed by atoms with E-state index in [-0.39, 0.29) is 10.5 Å². The average molecular weight is 407 g/mol. The number of piperidine rings is 1. The van der Waals surface area contributed by atoms with Crippen LogP contribution in [0.25, 0.3) is 10.9 Å². The summed E-state index contributed by atoms with van der Waals surface area (Å²) >= 11 is 0. The van der Waals surface area contributed by atoms with Crippen LogP contribution in [0.15, 0.2) is 34.0 Å². The topological polar surface area (TPSA) is 99.7 Å². The second-order valence-corrected chi connectivity index (χ2v) is 10.3. The molecule has 1 unspecified atom stereocenters. The maximum atomic E-state index is 13.2. The van der Waals surface area contributed by atoms with Crippen molar-refractivity contribution in [3.05, 3.63) is 40.2 Å². The lowest BCUT2D eigenvalue weighted by Crippen LogP contribution is -2.54. The van der Waals surface area contributed by atoms with Gasteiger partial charge in [0.1, 0.15) is 0 Å². The minimum absolute atomic E-state index is 0.203. The SMILES string of the molecule is Cc1cc(=O)[nH]c2ccc(S(=O)(=O)N3CCC4(CC3)CC(C)(O)CCO4)cc12. The van der Waals surface area contributed by atoms with E-state index in [1.54, 1.807) is 25.1 Å². The van der Waals surface area contributed by atoms with Crippen LogP contribution in [0.5, 0.6) is 0 Å². The van der Waals surface area contributed by atoms with Crippen molar-refractivity contribution in [2.24, 2.45) is 0 Å². The van der Waals surface area contributed by atoms with Gasteiger partial charge in [0.25, 0.3) is 0 Å². The number of nitrogens with zero attached hydrogens (tertiary/aromatic N) is 1. The number of aliphatic hydroxyl groups is 1. The summed E-state index contributed by atoms with van der Waals surface area (Å²) in [5.74, 6) is 0. The molecule has 2 aliphatic heterocycles. The largest absolute Gasteiger partial charge is 0.390 e. The lowest BCUT2D eigenvalue weighted by atomic mass is 9.78. The number of nitrogens with one attached hydrogen (secondary N) is 1. The minimum atomic E-state index is -3.64. The second kappa shape index (κ2) is 6.66. The van der Waals surface area contributed by atoms with Crippen molar-refractivity contribution in [3.63, 3.8) is 0 Å². The Labute approximate surface area is 164 Å². The summed E-state index contributed by atoms with van der Waals surface area (Å²) in [7, 11) is -3.64. The van der Waals surface area contributed by atoms with Gasteiger partial charge in [-0.15, -0.1) is 0 Å². The van der Waals surface area contributed by atoms with Gasteiger partial charge in [0.2, 0.25) is 15.6 Å². The quantitative estimate of drug-likeness (QED) is 0.794. The zero-order chi connectivity index (χ0) is 20.2. The summed E-state index contributed by atoms with van der Waals surface area (Å²) in [6, 6.07) is 6.28. The van der Waals surface area contributed by atoms with E-state index in [2.05, 4.69) is 4.98 Å². The molecule has 4 rings (SSSR count). The highest BCUT2D eigenvalue weighted by Crippen LogP contribution is 2.40. The van der Waals surface area contributed by atoms with Crippen molar-refractivity contribution in [3.8, 4) is 0 Å². The van der Waals surface area contributed by atoms with Crippen LogP contribution < -0.4 is 5.56 Å². The number of fused-ring (bicyclic) bond motifs is 1. The lowest BCUT2D eigenvalue weighted by molar-refractivity contribution is -0.168. The molecule has 2 aromatic rings. The molecule has 2 N–H and O–H groups in total. The molecule has 0 amide bonds. The molecule has 2 aliphatic rings. The van der Waals surface area contributed by atoms with Crippen molar-refractivity contribution in [2.45, 2.75) is 55.6 Å². The van der Waals surface area contributed by atoms with Crippen molar-refractivity contribution in [1.82, 2.24) is 9.29 Å². The van der Waals surface area contributed by atoms with Crippen LogP contribution in [0.1, 0.15) is 38.2 Å². The van der Waals surface area contributed by atoms with Crippen LogP contribution in [0.4, 0.5) is 0 Å². The predicted molar refractivity (Wildman–Crippen MR) is 106 cm³/mol. The van der Waals surface area contributed by atoms with Crippen molar-refractivity contribution < 1.29 is 18.3 Å². The van der Waals surface area contributed by atoms with E-state index in [0.29, 0.717) is 50.9 Å². The summed E-state index contributed by atoms with van der Waals surface area (Å²) in [5.41, 5.74) is -0.0322. The average Bonchev–Trinajstić information content (AvgIpc) is 2.60. The van der Waals surface area contributed by atoms with Crippen molar-refractivity contribution in [2.75, 3.05) is 19.7 Å². The Morgan fingerprint density at radius 2 is 1.89 bits per heavy atom. The molecular formula is C20H26N2O5S. The van der Waals surface area contributed by atoms with Crippen LogP contribution in [-0.4, -0.2) is 53.7 Å². The highest BCUT2D eigenvalue weighted by atomic mass is 32.2. The third-order valence-electron chi connectivity index (χ3n) is 6.04. The molecule has 152 valence electrons. The van der Waals surface area contributed by atoms with Crippen molar-refractivity contribution in [1.29, 1.82) is 0 Å². The van der Waals surface area contributed by atoms with Gasteiger partial charge in [-0.05, 0) is 56.9 Å². The molecule has 3 heterocycles. The molecule has 1 spiro atoms. The first-order chi connectivity index (χ1) is 13.1. The molecule has 2 fully saturated rings. The fourth-order valence-electron chi connectivity index (χ4n) is 4.49. The van der Waals surface area contributed by atoms with Crippen LogP contribution in [0, 0.1) is 6.92 Å². The number of pyridine rings is 1. The zero-order valence-electron chi connectivity index (χ0n) is 16.2. The Hall–Kier alpha value is -1.74. The van der Waals surface area contributed by atoms with Gasteiger partial charge in [0, 0.05) is 36.5 Å². The molecule has 8 heteroatoms. The molecule has 1 aromatic heterocycles. The van der Waals surface area contributed by atoms with E-state index >= 15 is 0 Å². The highest BCUT2D eigenvalue weighted by Gasteiger charge is 2.46. The fraction of sp³-hybridized carbons (Fsp3) is 0.550. The third-order valence-corrected chi connectivity index (χ3v) is 7.94. The van der Waals surface area contributed by atoms with Gasteiger partial charge in [-0.25, -0.2) is 8.42 Å². The van der Waals surface area contributed by atoms with Gasteiger partial charge >= 0.3 is 0 Å². The number of aromatic nitrogens is 1. The standard InChI is InChI=1S/C20H26N2O5S/c1-14-11-18(23)21-17-4-3-15(12-16(14)17)28(25,26)22-8-5-20(6-9-22)13-19(2,24)7-10-27-20/h3-4,11-12,24H,5-10,13H2,1-2H3,(H,21,23). The molecule has 28 heavy (non-hydrogen) atoms. The first kappa shape index (κ1) is 19.6. The number of H-pyrrole nitrogens is 1. The van der Waals surface area contributed by atoms with Gasteiger partial charge < -0.3 is 14.8 Å². The fourth-order valence-corrected chi connectivity index (χ4v) is 5.96. The van der Waals surface area contributed by atoms with Crippen LogP contribution in [-0.2, 0) is 14.8 Å². The summed E-state index contributed by atoms with van der Waals surface area (Å²) in [4.78, 5) is 14.6. The molecule has 0 bridgehead atoms. The number of ether oxygens (including phenoxy) is 1.